The molecular weight excluding hydrogens is 584 g/mol. The van der Waals surface area contributed by atoms with Crippen LogP contribution in [0.15, 0.2) is 53.4 Å². The number of nitro groups is 1. The smallest absolute Gasteiger partial charge is 0.324 e. The number of nitrogens with zero attached hydrogens (tertiary/aromatic N) is 2. The van der Waals surface area contributed by atoms with Crippen molar-refractivity contribution in [1.82, 2.24) is 4.31 Å². The lowest BCUT2D eigenvalue weighted by Gasteiger charge is -2.31. The lowest BCUT2D eigenvalue weighted by Crippen LogP contribution is -2.48. The topological polar surface area (TPSA) is 142 Å². The minimum atomic E-state index is -4.62. The van der Waals surface area contributed by atoms with Gasteiger partial charge in [0.1, 0.15) is 24.0 Å². The average Bonchev–Trinajstić information content (AvgIpc) is 2.86. The third-order valence-electron chi connectivity index (χ3n) is 5.14. The lowest BCUT2D eigenvalue weighted by molar-refractivity contribution is -0.388. The fourth-order valence-corrected chi connectivity index (χ4v) is 5.81. The molecule has 0 heterocycles. The Kier molecular flexibility index (Phi) is 11.2. The van der Waals surface area contributed by atoms with Gasteiger partial charge in [0.25, 0.3) is 15.7 Å². The maximum atomic E-state index is 13.8. The van der Waals surface area contributed by atoms with Crippen LogP contribution in [-0.4, -0.2) is 60.2 Å². The first-order valence-corrected chi connectivity index (χ1v) is 14.2. The normalized spacial score (nSPS) is 12.6. The highest BCUT2D eigenvalue weighted by atomic mass is 79.9. The Labute approximate surface area is 230 Å². The van der Waals surface area contributed by atoms with E-state index in [9.17, 15) is 28.1 Å². The molecule has 0 spiro atoms. The Balaban J connectivity index is 2.50. The van der Waals surface area contributed by atoms with Gasteiger partial charge in [0.05, 0.1) is 18.1 Å². The highest BCUT2D eigenvalue weighted by molar-refractivity contribution is 9.09. The van der Waals surface area contributed by atoms with Crippen molar-refractivity contribution >= 4 is 43.6 Å². The van der Waals surface area contributed by atoms with Crippen LogP contribution in [0.3, 0.4) is 0 Å². The number of rotatable bonds is 13. The standard InChI is InChI=1S/C25H31BrN2O9S/c1-25(2,3)37-24(30)20(11-13-23(29)35-4)27(15-14-26)38(33,34)22-12-10-19(16-21(22)28(31)32)36-17-18-8-6-5-7-9-18/h5-10,12,16,20H,11,13-15,17H2,1-4H3/t20-/m1/s1. The zero-order valence-electron chi connectivity index (χ0n) is 21.6. The molecule has 0 saturated heterocycles. The van der Waals surface area contributed by atoms with Gasteiger partial charge in [0, 0.05) is 18.3 Å². The van der Waals surface area contributed by atoms with Gasteiger partial charge >= 0.3 is 11.9 Å². The second-order valence-electron chi connectivity index (χ2n) is 9.13. The summed E-state index contributed by atoms with van der Waals surface area (Å²) in [6.07, 6.45) is -0.525. The molecule has 0 aliphatic carbocycles. The van der Waals surface area contributed by atoms with Crippen molar-refractivity contribution in [1.29, 1.82) is 0 Å². The van der Waals surface area contributed by atoms with Gasteiger partial charge in [-0.25, -0.2) is 8.42 Å². The van der Waals surface area contributed by atoms with E-state index in [0.29, 0.717) is 0 Å². The quantitative estimate of drug-likeness (QED) is 0.140. The van der Waals surface area contributed by atoms with E-state index in [-0.39, 0.29) is 37.1 Å². The molecular formula is C25H31BrN2O9S. The van der Waals surface area contributed by atoms with Crippen molar-refractivity contribution < 1.29 is 37.1 Å². The van der Waals surface area contributed by atoms with Gasteiger partial charge in [-0.05, 0) is 44.9 Å². The largest absolute Gasteiger partial charge is 0.489 e. The summed E-state index contributed by atoms with van der Waals surface area (Å²) < 4.78 is 44.1. The van der Waals surface area contributed by atoms with Crippen LogP contribution in [0.4, 0.5) is 5.69 Å². The molecule has 208 valence electrons. The number of nitro benzene ring substituents is 1. The number of methoxy groups -OCH3 is 1. The van der Waals surface area contributed by atoms with E-state index in [0.717, 1.165) is 22.0 Å². The first-order valence-electron chi connectivity index (χ1n) is 11.6. The van der Waals surface area contributed by atoms with E-state index in [1.807, 2.05) is 30.3 Å². The van der Waals surface area contributed by atoms with Gasteiger partial charge in [0.2, 0.25) is 0 Å². The Morgan fingerprint density at radius 1 is 1.13 bits per heavy atom. The lowest BCUT2D eigenvalue weighted by atomic mass is 10.1. The molecule has 0 N–H and O–H groups in total. The predicted octanol–water partition coefficient (Wildman–Crippen LogP) is 4.22. The molecule has 1 atom stereocenters. The predicted molar refractivity (Wildman–Crippen MR) is 142 cm³/mol. The van der Waals surface area contributed by atoms with Gasteiger partial charge in [0.15, 0.2) is 4.90 Å². The maximum absolute atomic E-state index is 13.8. The minimum absolute atomic E-state index is 0.0981. The van der Waals surface area contributed by atoms with E-state index >= 15 is 0 Å². The first kappa shape index (κ1) is 31.2. The van der Waals surface area contributed by atoms with E-state index in [1.165, 1.54) is 13.2 Å². The fourth-order valence-electron chi connectivity index (χ4n) is 3.45. The molecule has 2 aromatic carbocycles. The monoisotopic (exact) mass is 614 g/mol. The van der Waals surface area contributed by atoms with Crippen molar-refractivity contribution in [3.05, 3.63) is 64.2 Å². The van der Waals surface area contributed by atoms with Crippen LogP contribution < -0.4 is 4.74 Å². The molecule has 2 rings (SSSR count). The van der Waals surface area contributed by atoms with Crippen LogP contribution in [0.2, 0.25) is 0 Å². The molecule has 0 bridgehead atoms. The molecule has 13 heteroatoms. The zero-order chi connectivity index (χ0) is 28.5. The van der Waals surface area contributed by atoms with Crippen LogP contribution in [0.5, 0.6) is 5.75 Å². The Morgan fingerprint density at radius 2 is 1.79 bits per heavy atom. The third kappa shape index (κ3) is 8.77. The number of esters is 2. The molecule has 0 saturated carbocycles. The van der Waals surface area contributed by atoms with Gasteiger partial charge in [-0.1, -0.05) is 46.3 Å². The van der Waals surface area contributed by atoms with Crippen LogP contribution in [0.1, 0.15) is 39.2 Å². The minimum Gasteiger partial charge on any atom is -0.489 e. The molecule has 0 fully saturated rings. The van der Waals surface area contributed by atoms with E-state index in [2.05, 4.69) is 20.7 Å². The summed E-state index contributed by atoms with van der Waals surface area (Å²) in [6, 6.07) is 11.1. The van der Waals surface area contributed by atoms with Crippen LogP contribution in [-0.2, 0) is 35.7 Å². The molecule has 11 nitrogen and oxygen atoms in total. The zero-order valence-corrected chi connectivity index (χ0v) is 24.0. The van der Waals surface area contributed by atoms with Crippen molar-refractivity contribution in [3.63, 3.8) is 0 Å². The van der Waals surface area contributed by atoms with Gasteiger partial charge in [-0.3, -0.25) is 19.7 Å². The highest BCUT2D eigenvalue weighted by Gasteiger charge is 2.41. The SMILES string of the molecule is COC(=O)CC[C@H](C(=O)OC(C)(C)C)N(CCBr)S(=O)(=O)c1ccc(OCc2ccccc2)cc1[N+](=O)[O-]. The number of hydrogen-bond acceptors (Lipinski definition) is 9. The second-order valence-corrected chi connectivity index (χ2v) is 11.8. The summed E-state index contributed by atoms with van der Waals surface area (Å²) in [5, 5.41) is 12.0. The summed E-state index contributed by atoms with van der Waals surface area (Å²) in [7, 11) is -3.45. The number of hydrogen-bond donors (Lipinski definition) is 0. The molecule has 0 aromatic heterocycles. The van der Waals surface area contributed by atoms with Crippen LogP contribution >= 0.6 is 15.9 Å². The van der Waals surface area contributed by atoms with Gasteiger partial charge in [-0.2, -0.15) is 4.31 Å². The van der Waals surface area contributed by atoms with E-state index in [4.69, 9.17) is 9.47 Å². The van der Waals surface area contributed by atoms with Crippen LogP contribution in [0, 0.1) is 10.1 Å². The van der Waals surface area contributed by atoms with Crippen molar-refractivity contribution in [2.24, 2.45) is 0 Å². The van der Waals surface area contributed by atoms with E-state index in [1.54, 1.807) is 20.8 Å². The number of sulfonamides is 1. The number of carbonyl (C=O) groups is 2. The number of carbonyl (C=O) groups excluding carboxylic acids is 2. The van der Waals surface area contributed by atoms with E-state index < -0.39 is 49.1 Å². The first-order chi connectivity index (χ1) is 17.8. The maximum Gasteiger partial charge on any atom is 0.324 e. The highest BCUT2D eigenvalue weighted by Crippen LogP contribution is 2.33. The summed E-state index contributed by atoms with van der Waals surface area (Å²) in [5.41, 5.74) is -0.846. The van der Waals surface area contributed by atoms with Crippen molar-refractivity contribution in [2.75, 3.05) is 19.0 Å². The Hall–Kier alpha value is -3.03. The van der Waals surface area contributed by atoms with Crippen molar-refractivity contribution in [2.45, 2.75) is 56.8 Å². The number of halogens is 1. The molecule has 0 aliphatic rings. The van der Waals surface area contributed by atoms with Crippen molar-refractivity contribution in [3.8, 4) is 5.75 Å². The summed E-state index contributed by atoms with van der Waals surface area (Å²) in [5.74, 6) is -1.45. The summed E-state index contributed by atoms with van der Waals surface area (Å²) in [4.78, 5) is 35.4. The van der Waals surface area contributed by atoms with Crippen LogP contribution in [0.25, 0.3) is 0 Å². The molecule has 0 amide bonds. The summed E-state index contributed by atoms with van der Waals surface area (Å²) >= 11 is 3.19. The molecule has 2 aromatic rings. The Morgan fingerprint density at radius 3 is 2.34 bits per heavy atom. The average molecular weight is 615 g/mol. The third-order valence-corrected chi connectivity index (χ3v) is 7.45. The molecule has 0 unspecified atom stereocenters. The van der Waals surface area contributed by atoms with Gasteiger partial charge in [-0.15, -0.1) is 0 Å². The number of ether oxygens (including phenoxy) is 3. The molecule has 38 heavy (non-hydrogen) atoms. The second kappa shape index (κ2) is 13.7. The number of benzene rings is 2. The fraction of sp³-hybridized carbons (Fsp3) is 0.440. The summed E-state index contributed by atoms with van der Waals surface area (Å²) in [6.45, 7) is 4.74. The van der Waals surface area contributed by atoms with Gasteiger partial charge < -0.3 is 14.2 Å². The number of alkyl halides is 1. The Bertz CT molecular complexity index is 1230. The molecule has 0 radical (unpaired) electrons. The molecule has 0 aliphatic heterocycles.